The Balaban J connectivity index is 2.26. The fraction of sp³-hybridized carbons (Fsp3) is 0.333. The zero-order chi connectivity index (χ0) is 22.4. The number of rotatable bonds is 9. The van der Waals surface area contributed by atoms with Crippen molar-refractivity contribution in [3.8, 4) is 0 Å². The van der Waals surface area contributed by atoms with E-state index in [1.165, 1.54) is 16.7 Å². The summed E-state index contributed by atoms with van der Waals surface area (Å²) in [4.78, 5) is 6.87. The minimum absolute atomic E-state index is 0.978. The van der Waals surface area contributed by atoms with E-state index in [2.05, 4.69) is 130 Å². The summed E-state index contributed by atoms with van der Waals surface area (Å²) in [5.41, 5.74) is 4.42. The average molecular weight is 521 g/mol. The molecule has 31 heavy (non-hydrogen) atoms. The molecule has 3 aromatic rings. The molecule has 0 atom stereocenters. The molecule has 0 aliphatic heterocycles. The molecule has 0 fully saturated rings. The molecule has 0 saturated carbocycles. The fourth-order valence-corrected chi connectivity index (χ4v) is 13.0. The van der Waals surface area contributed by atoms with E-state index in [4.69, 9.17) is 0 Å². The van der Waals surface area contributed by atoms with Crippen molar-refractivity contribution in [2.45, 2.75) is 19.6 Å². The second-order valence-electron chi connectivity index (χ2n) is 9.06. The van der Waals surface area contributed by atoms with Gasteiger partial charge in [0, 0.05) is 0 Å². The molecule has 0 heterocycles. The van der Waals surface area contributed by atoms with Gasteiger partial charge in [0.25, 0.3) is 0 Å². The van der Waals surface area contributed by atoms with Crippen LogP contribution in [0.15, 0.2) is 72.8 Å². The summed E-state index contributed by atoms with van der Waals surface area (Å²) in [5.74, 6) is 0. The number of benzene rings is 3. The van der Waals surface area contributed by atoms with E-state index < -0.39 is 19.8 Å². The standard InChI is InChI=1S/3C9H12N.Sn/c3*1-10(2)8-9-6-4-3-5-7-9;/h3*3-6H,8H2,1-2H3;. The summed E-state index contributed by atoms with van der Waals surface area (Å²) in [6.45, 7) is 2.93. The molecule has 163 valence electrons. The van der Waals surface area contributed by atoms with E-state index in [0.29, 0.717) is 0 Å². The van der Waals surface area contributed by atoms with Gasteiger partial charge in [-0.3, -0.25) is 0 Å². The topological polar surface area (TPSA) is 9.72 Å². The monoisotopic (exact) mass is 522 g/mol. The molecule has 0 amide bonds. The number of hydrogen-bond donors (Lipinski definition) is 0. The summed E-state index contributed by atoms with van der Waals surface area (Å²) in [6.07, 6.45) is 0. The second kappa shape index (κ2) is 11.3. The van der Waals surface area contributed by atoms with Gasteiger partial charge in [0.1, 0.15) is 0 Å². The SMILES string of the molecule is CN(C)Cc1cccc[c]1[Sn]([c]1ccccc1CN(C)C)[c]1ccccc1CN(C)C. The Bertz CT molecular complexity index is 854. The van der Waals surface area contributed by atoms with Gasteiger partial charge >= 0.3 is 197 Å². The van der Waals surface area contributed by atoms with E-state index >= 15 is 0 Å². The minimum atomic E-state index is -2.47. The molecule has 4 heteroatoms. The quantitative estimate of drug-likeness (QED) is 0.401. The zero-order valence-corrected chi connectivity index (χ0v) is 22.7. The average Bonchev–Trinajstić information content (AvgIpc) is 2.70. The maximum absolute atomic E-state index is 2.47. The molecule has 0 unspecified atom stereocenters. The van der Waals surface area contributed by atoms with Crippen molar-refractivity contribution >= 4 is 30.5 Å². The molecule has 3 aromatic carbocycles. The van der Waals surface area contributed by atoms with Crippen LogP contribution in [0.3, 0.4) is 0 Å². The van der Waals surface area contributed by atoms with Crippen LogP contribution in [0.5, 0.6) is 0 Å². The normalized spacial score (nSPS) is 11.8. The third kappa shape index (κ3) is 6.42. The summed E-state index contributed by atoms with van der Waals surface area (Å²) in [5, 5.41) is 0. The van der Waals surface area contributed by atoms with Crippen molar-refractivity contribution in [1.29, 1.82) is 0 Å². The molecule has 3 rings (SSSR count). The first kappa shape index (κ1) is 24.0. The third-order valence-electron chi connectivity index (χ3n) is 5.32. The van der Waals surface area contributed by atoms with Crippen LogP contribution in [0.4, 0.5) is 0 Å². The first-order chi connectivity index (χ1) is 14.9. The van der Waals surface area contributed by atoms with Crippen molar-refractivity contribution in [3.05, 3.63) is 89.5 Å². The van der Waals surface area contributed by atoms with Crippen LogP contribution in [0.2, 0.25) is 0 Å². The van der Waals surface area contributed by atoms with Crippen LogP contribution in [0.1, 0.15) is 16.7 Å². The van der Waals surface area contributed by atoms with Gasteiger partial charge in [-0.05, 0) is 0 Å². The van der Waals surface area contributed by atoms with Gasteiger partial charge in [-0.2, -0.15) is 0 Å². The van der Waals surface area contributed by atoms with Gasteiger partial charge in [0.15, 0.2) is 0 Å². The van der Waals surface area contributed by atoms with Crippen molar-refractivity contribution < 1.29 is 0 Å². The Kier molecular flexibility index (Phi) is 8.73. The Morgan fingerprint density at radius 2 is 0.710 bits per heavy atom. The van der Waals surface area contributed by atoms with Crippen LogP contribution in [0.25, 0.3) is 0 Å². The molecule has 0 spiro atoms. The van der Waals surface area contributed by atoms with Gasteiger partial charge in [0.2, 0.25) is 0 Å². The second-order valence-corrected chi connectivity index (χ2v) is 15.8. The van der Waals surface area contributed by atoms with Crippen LogP contribution >= 0.6 is 0 Å². The van der Waals surface area contributed by atoms with Crippen LogP contribution in [-0.4, -0.2) is 76.7 Å². The molecular formula is C27H36N3Sn. The van der Waals surface area contributed by atoms with Gasteiger partial charge in [-0.1, -0.05) is 0 Å². The maximum atomic E-state index is 2.41. The molecule has 0 N–H and O–H groups in total. The third-order valence-corrected chi connectivity index (χ3v) is 14.1. The van der Waals surface area contributed by atoms with E-state index in [9.17, 15) is 0 Å². The van der Waals surface area contributed by atoms with Crippen LogP contribution in [-0.2, 0) is 19.6 Å². The number of hydrogen-bond acceptors (Lipinski definition) is 3. The molecular weight excluding hydrogens is 485 g/mol. The molecule has 0 aliphatic carbocycles. The summed E-state index contributed by atoms with van der Waals surface area (Å²) in [6, 6.07) is 27.5. The summed E-state index contributed by atoms with van der Waals surface area (Å²) in [7, 11) is 13.0. The summed E-state index contributed by atoms with van der Waals surface area (Å²) < 4.78 is 4.78. The van der Waals surface area contributed by atoms with Gasteiger partial charge in [-0.25, -0.2) is 0 Å². The predicted octanol–water partition coefficient (Wildman–Crippen LogP) is 2.39. The van der Waals surface area contributed by atoms with E-state index in [-0.39, 0.29) is 0 Å². The van der Waals surface area contributed by atoms with E-state index in [1.807, 2.05) is 0 Å². The zero-order valence-electron chi connectivity index (χ0n) is 19.9. The van der Waals surface area contributed by atoms with Crippen molar-refractivity contribution in [1.82, 2.24) is 14.7 Å². The van der Waals surface area contributed by atoms with Crippen LogP contribution in [0, 0.1) is 0 Å². The first-order valence-electron chi connectivity index (χ1n) is 10.9. The molecule has 3 nitrogen and oxygen atoms in total. The van der Waals surface area contributed by atoms with Gasteiger partial charge < -0.3 is 0 Å². The van der Waals surface area contributed by atoms with Crippen molar-refractivity contribution in [3.63, 3.8) is 0 Å². The Morgan fingerprint density at radius 1 is 0.452 bits per heavy atom. The molecule has 0 aliphatic rings. The molecule has 0 saturated heterocycles. The van der Waals surface area contributed by atoms with E-state index in [0.717, 1.165) is 19.6 Å². The Hall–Kier alpha value is -1.66. The predicted molar refractivity (Wildman–Crippen MR) is 136 cm³/mol. The van der Waals surface area contributed by atoms with Crippen LogP contribution < -0.4 is 10.7 Å². The first-order valence-corrected chi connectivity index (χ1v) is 15.2. The summed E-state index contributed by atoms with van der Waals surface area (Å²) >= 11 is -2.47. The van der Waals surface area contributed by atoms with Crippen molar-refractivity contribution in [2.75, 3.05) is 42.3 Å². The van der Waals surface area contributed by atoms with Gasteiger partial charge in [0.05, 0.1) is 0 Å². The number of nitrogens with zero attached hydrogens (tertiary/aromatic N) is 3. The molecule has 0 aromatic heterocycles. The Labute approximate surface area is 196 Å². The molecule has 0 bridgehead atoms. The van der Waals surface area contributed by atoms with Crippen molar-refractivity contribution in [2.24, 2.45) is 0 Å². The molecule has 1 radical (unpaired) electrons. The van der Waals surface area contributed by atoms with Gasteiger partial charge in [-0.15, -0.1) is 0 Å². The van der Waals surface area contributed by atoms with E-state index in [1.54, 1.807) is 10.7 Å². The fourth-order valence-electron chi connectivity index (χ4n) is 4.16. The Morgan fingerprint density at radius 3 is 0.968 bits per heavy atom.